The number of nitrogens with one attached hydrogen (secondary N) is 1. The van der Waals surface area contributed by atoms with Crippen LogP contribution in [-0.2, 0) is 27.9 Å². The van der Waals surface area contributed by atoms with Crippen LogP contribution in [0.2, 0.25) is 0 Å². The molecular weight excluding hydrogens is 339 g/mol. The van der Waals surface area contributed by atoms with Gasteiger partial charge in [0.15, 0.2) is 0 Å². The minimum atomic E-state index is -4.07. The molecule has 0 aliphatic rings. The zero-order valence-corrected chi connectivity index (χ0v) is 15.4. The molecule has 0 heterocycles. The summed E-state index contributed by atoms with van der Waals surface area (Å²) in [6.45, 7) is 3.75. The molecule has 2 N–H and O–H groups in total. The summed E-state index contributed by atoms with van der Waals surface area (Å²) in [4.78, 5) is 32.6. The first-order valence-corrected chi connectivity index (χ1v) is 9.04. The number of hydrogen-bond acceptors (Lipinski definition) is 7. The fourth-order valence-corrected chi connectivity index (χ4v) is 2.48. The van der Waals surface area contributed by atoms with Gasteiger partial charge in [0, 0.05) is 32.5 Å². The zero-order chi connectivity index (χ0) is 18.6. The van der Waals surface area contributed by atoms with Gasteiger partial charge < -0.3 is 14.5 Å². The summed E-state index contributed by atoms with van der Waals surface area (Å²) in [6, 6.07) is -0.0477. The second kappa shape index (κ2) is 12.2. The van der Waals surface area contributed by atoms with Gasteiger partial charge in [-0.15, -0.1) is 0 Å². The SMILES string of the molecule is CCCOP(=O)(O)OCC(CC(C)N(C)/C=C\C(=O)NC=O)OC. The summed E-state index contributed by atoms with van der Waals surface area (Å²) < 4.78 is 26.5. The summed E-state index contributed by atoms with van der Waals surface area (Å²) >= 11 is 0. The number of rotatable bonds is 13. The quantitative estimate of drug-likeness (QED) is 0.282. The number of carbonyl (C=O) groups excluding carboxylic acids is 2. The Balaban J connectivity index is 4.41. The summed E-state index contributed by atoms with van der Waals surface area (Å²) in [7, 11) is -0.841. The van der Waals surface area contributed by atoms with Crippen LogP contribution in [0.4, 0.5) is 0 Å². The molecule has 0 spiro atoms. The van der Waals surface area contributed by atoms with Crippen LogP contribution in [0.1, 0.15) is 26.7 Å². The monoisotopic (exact) mass is 366 g/mol. The Bertz CT molecular complexity index is 458. The summed E-state index contributed by atoms with van der Waals surface area (Å²) in [5, 5.41) is 2.00. The maximum absolute atomic E-state index is 11.6. The number of carbonyl (C=O) groups is 2. The van der Waals surface area contributed by atoms with Gasteiger partial charge in [0.25, 0.3) is 5.91 Å². The van der Waals surface area contributed by atoms with E-state index >= 15 is 0 Å². The first kappa shape index (κ1) is 22.8. The van der Waals surface area contributed by atoms with Gasteiger partial charge in [-0.1, -0.05) is 6.92 Å². The van der Waals surface area contributed by atoms with Gasteiger partial charge >= 0.3 is 7.82 Å². The second-order valence-corrected chi connectivity index (χ2v) is 6.60. The van der Waals surface area contributed by atoms with Crippen LogP contribution in [0.15, 0.2) is 12.3 Å². The molecule has 0 bridgehead atoms. The van der Waals surface area contributed by atoms with Crippen molar-refractivity contribution in [3.05, 3.63) is 12.3 Å². The molecule has 3 atom stereocenters. The Morgan fingerprint density at radius 1 is 1.42 bits per heavy atom. The topological polar surface area (TPSA) is 114 Å². The number of nitrogens with zero attached hydrogens (tertiary/aromatic N) is 1. The predicted octanol–water partition coefficient (Wildman–Crippen LogP) is 1.04. The molecule has 24 heavy (non-hydrogen) atoms. The van der Waals surface area contributed by atoms with Crippen molar-refractivity contribution in [2.45, 2.75) is 38.8 Å². The van der Waals surface area contributed by atoms with Crippen molar-refractivity contribution in [1.29, 1.82) is 0 Å². The number of phosphoric acid groups is 1. The molecule has 0 aliphatic carbocycles. The molecule has 9 nitrogen and oxygen atoms in total. The Kier molecular flexibility index (Phi) is 11.5. The van der Waals surface area contributed by atoms with Gasteiger partial charge in [0.2, 0.25) is 6.41 Å². The Hall–Kier alpha value is -1.25. The van der Waals surface area contributed by atoms with Crippen LogP contribution in [0.5, 0.6) is 0 Å². The minimum absolute atomic E-state index is 0.0477. The van der Waals surface area contributed by atoms with Crippen molar-refractivity contribution in [3.63, 3.8) is 0 Å². The van der Waals surface area contributed by atoms with Gasteiger partial charge in [0.1, 0.15) is 0 Å². The number of phosphoric ester groups is 1. The van der Waals surface area contributed by atoms with E-state index in [1.807, 2.05) is 19.2 Å². The summed E-state index contributed by atoms with van der Waals surface area (Å²) in [6.07, 6.45) is 3.73. The molecule has 0 aromatic carbocycles. The minimum Gasteiger partial charge on any atom is -0.379 e. The van der Waals surface area contributed by atoms with Crippen LogP contribution in [-0.4, -0.2) is 61.6 Å². The molecule has 140 valence electrons. The molecule has 0 radical (unpaired) electrons. The average Bonchev–Trinajstić information content (AvgIpc) is 2.54. The molecule has 3 unspecified atom stereocenters. The maximum Gasteiger partial charge on any atom is 0.472 e. The van der Waals surface area contributed by atoms with Crippen molar-refractivity contribution in [1.82, 2.24) is 10.2 Å². The lowest BCUT2D eigenvalue weighted by molar-refractivity contribution is -0.121. The zero-order valence-electron chi connectivity index (χ0n) is 14.5. The molecule has 10 heteroatoms. The summed E-state index contributed by atoms with van der Waals surface area (Å²) in [5.74, 6) is -0.523. The highest BCUT2D eigenvalue weighted by Gasteiger charge is 2.24. The molecular formula is C14H27N2O7P. The lowest BCUT2D eigenvalue weighted by Crippen LogP contribution is -2.31. The molecule has 0 rings (SSSR count). The van der Waals surface area contributed by atoms with E-state index in [0.717, 1.165) is 0 Å². The van der Waals surface area contributed by atoms with Crippen molar-refractivity contribution >= 4 is 20.1 Å². The van der Waals surface area contributed by atoms with E-state index in [1.54, 1.807) is 11.9 Å². The van der Waals surface area contributed by atoms with E-state index in [0.29, 0.717) is 19.3 Å². The lowest BCUT2D eigenvalue weighted by Gasteiger charge is -2.27. The van der Waals surface area contributed by atoms with E-state index in [9.17, 15) is 19.0 Å². The average molecular weight is 366 g/mol. The molecule has 0 fully saturated rings. The summed E-state index contributed by atoms with van der Waals surface area (Å²) in [5.41, 5.74) is 0. The van der Waals surface area contributed by atoms with Crippen LogP contribution in [0, 0.1) is 0 Å². The van der Waals surface area contributed by atoms with Gasteiger partial charge in [-0.2, -0.15) is 0 Å². The third-order valence-corrected chi connectivity index (χ3v) is 4.16. The fraction of sp³-hybridized carbons (Fsp3) is 0.714. The first-order valence-electron chi connectivity index (χ1n) is 7.54. The van der Waals surface area contributed by atoms with Gasteiger partial charge in [-0.25, -0.2) is 4.57 Å². The third-order valence-electron chi connectivity index (χ3n) is 3.18. The number of amides is 2. The molecule has 2 amide bonds. The number of methoxy groups -OCH3 is 1. The van der Waals surface area contributed by atoms with Crippen LogP contribution in [0.3, 0.4) is 0 Å². The van der Waals surface area contributed by atoms with Crippen molar-refractivity contribution in [2.75, 3.05) is 27.4 Å². The van der Waals surface area contributed by atoms with E-state index in [2.05, 4.69) is 0 Å². The Morgan fingerprint density at radius 3 is 2.62 bits per heavy atom. The molecule has 0 saturated carbocycles. The number of imide groups is 1. The first-order chi connectivity index (χ1) is 11.3. The van der Waals surface area contributed by atoms with Crippen molar-refractivity contribution in [3.8, 4) is 0 Å². The van der Waals surface area contributed by atoms with Gasteiger partial charge in [-0.3, -0.25) is 24.0 Å². The van der Waals surface area contributed by atoms with E-state index in [-0.39, 0.29) is 19.3 Å². The number of ether oxygens (including phenoxy) is 1. The fourth-order valence-electron chi connectivity index (χ4n) is 1.64. The molecule has 0 aromatic rings. The van der Waals surface area contributed by atoms with Crippen LogP contribution < -0.4 is 5.32 Å². The normalized spacial score (nSPS) is 16.4. The van der Waals surface area contributed by atoms with E-state index in [1.165, 1.54) is 19.4 Å². The van der Waals surface area contributed by atoms with Crippen LogP contribution >= 0.6 is 7.82 Å². The van der Waals surface area contributed by atoms with Crippen molar-refractivity contribution in [2.24, 2.45) is 0 Å². The Labute approximate surface area is 142 Å². The van der Waals surface area contributed by atoms with E-state index < -0.39 is 19.8 Å². The van der Waals surface area contributed by atoms with Crippen LogP contribution in [0.25, 0.3) is 0 Å². The predicted molar refractivity (Wildman–Crippen MR) is 88.0 cm³/mol. The molecule has 0 aliphatic heterocycles. The largest absolute Gasteiger partial charge is 0.472 e. The van der Waals surface area contributed by atoms with Gasteiger partial charge in [-0.05, 0) is 19.8 Å². The van der Waals surface area contributed by atoms with Crippen molar-refractivity contribution < 1.29 is 32.8 Å². The smallest absolute Gasteiger partial charge is 0.379 e. The highest BCUT2D eigenvalue weighted by molar-refractivity contribution is 7.47. The third kappa shape index (κ3) is 10.5. The Morgan fingerprint density at radius 2 is 2.08 bits per heavy atom. The molecule has 0 aromatic heterocycles. The lowest BCUT2D eigenvalue weighted by atomic mass is 10.1. The second-order valence-electron chi connectivity index (χ2n) is 5.15. The number of hydrogen-bond donors (Lipinski definition) is 2. The maximum atomic E-state index is 11.6. The standard InChI is InChI=1S/C14H27N2O7P/c1-5-8-22-24(19,20)23-10-13(21-4)9-12(2)16(3)7-6-14(18)15-11-17/h6-7,11-13H,5,8-10H2,1-4H3,(H,19,20)(H,15,17,18)/b7-6-. The van der Waals surface area contributed by atoms with E-state index in [4.69, 9.17) is 13.8 Å². The molecule has 0 saturated heterocycles. The highest BCUT2D eigenvalue weighted by atomic mass is 31.2. The highest BCUT2D eigenvalue weighted by Crippen LogP contribution is 2.43. The van der Waals surface area contributed by atoms with Gasteiger partial charge in [0.05, 0.1) is 19.3 Å².